The maximum Gasteiger partial charge on any atom is 0.387 e. The molecule has 0 bridgehead atoms. The monoisotopic (exact) mass is 768 g/mol. The average Bonchev–Trinajstić information content (AvgIpc) is 3.77. The van der Waals surface area contributed by atoms with Crippen LogP contribution in [0.4, 0.5) is 14.5 Å². The molecule has 2 atom stereocenters. The highest BCUT2D eigenvalue weighted by Gasteiger charge is 2.27. The van der Waals surface area contributed by atoms with Crippen molar-refractivity contribution < 1.29 is 50.8 Å². The summed E-state index contributed by atoms with van der Waals surface area (Å²) in [6, 6.07) is 10.5. The molecule has 1 saturated carbocycles. The number of esters is 2. The minimum absolute atomic E-state index is 0.0111. The van der Waals surface area contributed by atoms with Crippen molar-refractivity contribution in [2.45, 2.75) is 64.9 Å². The fourth-order valence-corrected chi connectivity index (χ4v) is 6.40. The van der Waals surface area contributed by atoms with Crippen LogP contribution in [0.5, 0.6) is 11.5 Å². The lowest BCUT2D eigenvalue weighted by molar-refractivity contribution is -0.605. The summed E-state index contributed by atoms with van der Waals surface area (Å²) in [6.07, 6.45) is 4.44. The molecule has 0 amide bonds. The smallest absolute Gasteiger partial charge is 0.387 e. The van der Waals surface area contributed by atoms with Crippen molar-refractivity contribution in [2.75, 3.05) is 17.5 Å². The first-order valence-corrected chi connectivity index (χ1v) is 17.5. The second-order valence-corrected chi connectivity index (χ2v) is 14.5. The van der Waals surface area contributed by atoms with Gasteiger partial charge in [0.25, 0.3) is 0 Å². The van der Waals surface area contributed by atoms with E-state index in [4.69, 9.17) is 37.4 Å². The van der Waals surface area contributed by atoms with Crippen molar-refractivity contribution in [3.63, 3.8) is 0 Å². The van der Waals surface area contributed by atoms with Gasteiger partial charge in [-0.3, -0.25) is 18.1 Å². The summed E-state index contributed by atoms with van der Waals surface area (Å²) in [7, 11) is 0. The normalized spacial score (nSPS) is 14.3. The van der Waals surface area contributed by atoms with E-state index >= 15 is 0 Å². The van der Waals surface area contributed by atoms with Gasteiger partial charge in [0.05, 0.1) is 17.8 Å². The van der Waals surface area contributed by atoms with Crippen molar-refractivity contribution in [1.29, 1.82) is 0 Å². The summed E-state index contributed by atoms with van der Waals surface area (Å²) in [4.78, 5) is 26.1. The molecule has 5 rings (SSSR count). The molecule has 1 unspecified atom stereocenters. The molecule has 2 aromatic carbocycles. The largest absolute Gasteiger partial charge is 0.755 e. The fourth-order valence-electron chi connectivity index (χ4n) is 5.27. The van der Waals surface area contributed by atoms with Crippen LogP contribution in [0.2, 0.25) is 10.0 Å². The van der Waals surface area contributed by atoms with E-state index in [2.05, 4.69) is 4.74 Å². The molecule has 2 aromatic heterocycles. The van der Waals surface area contributed by atoms with Gasteiger partial charge >= 0.3 is 18.6 Å². The van der Waals surface area contributed by atoms with E-state index < -0.39 is 48.1 Å². The first-order valence-electron chi connectivity index (χ1n) is 15.7. The van der Waals surface area contributed by atoms with Crippen LogP contribution in [0.3, 0.4) is 0 Å². The van der Waals surface area contributed by atoms with E-state index in [9.17, 15) is 32.3 Å². The van der Waals surface area contributed by atoms with Crippen LogP contribution in [0.15, 0.2) is 61.1 Å². The van der Waals surface area contributed by atoms with Gasteiger partial charge in [0.1, 0.15) is 34.8 Å². The first-order chi connectivity index (χ1) is 24.1. The highest BCUT2D eigenvalue weighted by molar-refractivity contribution is 7.80. The molecule has 0 radical (unpaired) electrons. The van der Waals surface area contributed by atoms with Crippen LogP contribution in [0, 0.1) is 11.1 Å². The summed E-state index contributed by atoms with van der Waals surface area (Å²) in [5.41, 5.74) is 0.452. The van der Waals surface area contributed by atoms with Gasteiger partial charge in [-0.2, -0.15) is 13.5 Å². The lowest BCUT2D eigenvalue weighted by Crippen LogP contribution is -2.36. The lowest BCUT2D eigenvalue weighted by atomic mass is 10.0. The summed E-state index contributed by atoms with van der Waals surface area (Å²) in [5, 5.41) is 12.4. The molecule has 12 nitrogen and oxygen atoms in total. The number of aromatic nitrogens is 2. The van der Waals surface area contributed by atoms with Gasteiger partial charge in [-0.05, 0) is 75.4 Å². The van der Waals surface area contributed by atoms with Gasteiger partial charge in [-0.15, -0.1) is 0 Å². The molecule has 0 spiro atoms. The van der Waals surface area contributed by atoms with Gasteiger partial charge in [0, 0.05) is 34.8 Å². The summed E-state index contributed by atoms with van der Waals surface area (Å²) < 4.78 is 75.4. The third-order valence-corrected chi connectivity index (χ3v) is 9.02. The van der Waals surface area contributed by atoms with E-state index in [0.717, 1.165) is 29.5 Å². The van der Waals surface area contributed by atoms with E-state index in [1.54, 1.807) is 45.2 Å². The van der Waals surface area contributed by atoms with E-state index in [0.29, 0.717) is 26.8 Å². The third kappa shape index (κ3) is 10.2. The Kier molecular flexibility index (Phi) is 11.9. The van der Waals surface area contributed by atoms with E-state index in [-0.39, 0.29) is 52.7 Å². The molecular formula is C34H34Cl2F2N3O9S-. The summed E-state index contributed by atoms with van der Waals surface area (Å²) in [6.45, 7) is 1.25. The molecule has 4 aromatic rings. The van der Waals surface area contributed by atoms with Crippen LogP contribution < -0.4 is 18.5 Å². The predicted octanol–water partition coefficient (Wildman–Crippen LogP) is 6.44. The van der Waals surface area contributed by atoms with Crippen molar-refractivity contribution in [2.24, 2.45) is 5.92 Å². The van der Waals surface area contributed by atoms with Crippen LogP contribution >= 0.6 is 23.2 Å². The predicted molar refractivity (Wildman–Crippen MR) is 183 cm³/mol. The SMILES string of the molecule is CC(C)(C)OC(=O)CN(c1cccc2c1ccn2CC(=O)O[C@@H](Cc1c(Cl)c[n+]([O-])cc1Cl)c1ccc(OC(F)F)c(OCC2CC2)c1)S(=O)[O-]. The molecule has 17 heteroatoms. The van der Waals surface area contributed by atoms with E-state index in [1.807, 2.05) is 0 Å². The number of nitrogens with zero attached hydrogens (tertiary/aromatic N) is 3. The third-order valence-electron chi connectivity index (χ3n) is 7.68. The molecule has 2 heterocycles. The zero-order valence-electron chi connectivity index (χ0n) is 27.7. The number of anilines is 1. The zero-order chi connectivity index (χ0) is 37.0. The van der Waals surface area contributed by atoms with Crippen molar-refractivity contribution in [1.82, 2.24) is 4.57 Å². The lowest BCUT2D eigenvalue weighted by Gasteiger charge is -2.28. The maximum absolute atomic E-state index is 13.6. The van der Waals surface area contributed by atoms with Crippen LogP contribution in [-0.2, 0) is 43.3 Å². The van der Waals surface area contributed by atoms with Crippen molar-refractivity contribution in [3.05, 3.63) is 87.4 Å². The summed E-state index contributed by atoms with van der Waals surface area (Å²) >= 11 is 9.87. The number of ether oxygens (including phenoxy) is 4. The molecule has 0 saturated heterocycles. The molecule has 0 aliphatic heterocycles. The summed E-state index contributed by atoms with van der Waals surface area (Å²) in [5.74, 6) is -1.37. The number of halogens is 4. The van der Waals surface area contributed by atoms with Crippen molar-refractivity contribution >= 4 is 63.0 Å². The van der Waals surface area contributed by atoms with Crippen LogP contribution in [-0.4, -0.2) is 50.6 Å². The number of carbonyl (C=O) groups excluding carboxylic acids is 2. The quantitative estimate of drug-likeness (QED) is 0.0577. The Morgan fingerprint density at radius 2 is 1.78 bits per heavy atom. The Balaban J connectivity index is 1.43. The number of fused-ring (bicyclic) bond motifs is 1. The molecule has 1 fully saturated rings. The highest BCUT2D eigenvalue weighted by atomic mass is 35.5. The minimum Gasteiger partial charge on any atom is -0.755 e. The number of pyridine rings is 1. The Bertz CT molecular complexity index is 1910. The number of benzene rings is 2. The molecule has 0 N–H and O–H groups in total. The first kappa shape index (κ1) is 38.1. The Morgan fingerprint density at radius 3 is 2.41 bits per heavy atom. The number of alkyl halides is 2. The molecule has 1 aliphatic carbocycles. The topological polar surface area (TPSA) is 146 Å². The zero-order valence-corrected chi connectivity index (χ0v) is 30.0. The molecule has 274 valence electrons. The van der Waals surface area contributed by atoms with Crippen LogP contribution in [0.25, 0.3) is 10.9 Å². The van der Waals surface area contributed by atoms with Gasteiger partial charge in [0.15, 0.2) is 23.9 Å². The second kappa shape index (κ2) is 16.0. The molecular weight excluding hydrogens is 735 g/mol. The van der Waals surface area contributed by atoms with E-state index in [1.165, 1.54) is 28.8 Å². The van der Waals surface area contributed by atoms with Gasteiger partial charge in [-0.25, -0.2) is 0 Å². The average molecular weight is 770 g/mol. The Hall–Kier alpha value is -4.18. The highest BCUT2D eigenvalue weighted by Crippen LogP contribution is 2.38. The van der Waals surface area contributed by atoms with Crippen LogP contribution in [0.1, 0.15) is 50.8 Å². The van der Waals surface area contributed by atoms with Gasteiger partial charge in [0.2, 0.25) is 0 Å². The minimum atomic E-state index is -3.11. The Morgan fingerprint density at radius 1 is 1.08 bits per heavy atom. The fraction of sp³-hybridized carbons (Fsp3) is 0.382. The number of hydrogen-bond acceptors (Lipinski definition) is 9. The number of carbonyl (C=O) groups is 2. The molecule has 1 aliphatic rings. The standard InChI is InChI=1S/C34H35Cl2F2N3O9S/c1-34(2,3)50-32(43)18-41(51(45)46)27-6-4-5-26-22(27)11-12-39(26)17-31(42)48-29(14-23-24(35)15-40(44)16-25(23)36)21-9-10-28(49-33(37)38)30(13-21)47-19-20-7-8-20/h4-6,9-13,15-16,20,29,33H,7-8,14,17-19H2,1-3H3,(H,45,46)/p-1/t29-/m0/s1. The number of hydrogen-bond donors (Lipinski definition) is 0. The van der Waals surface area contributed by atoms with Crippen molar-refractivity contribution in [3.8, 4) is 11.5 Å². The number of rotatable bonds is 15. The maximum atomic E-state index is 13.6. The molecule has 51 heavy (non-hydrogen) atoms. The Labute approximate surface area is 304 Å². The van der Waals surface area contributed by atoms with Gasteiger partial charge in [-0.1, -0.05) is 35.3 Å². The second-order valence-electron chi connectivity index (χ2n) is 12.8. The van der Waals surface area contributed by atoms with Gasteiger partial charge < -0.3 is 33.3 Å².